The molecule has 2 atom stereocenters. The maximum atomic E-state index is 8.46. The van der Waals surface area contributed by atoms with Crippen molar-refractivity contribution < 1.29 is 4.74 Å². The molecule has 6 heteroatoms. The topological polar surface area (TPSA) is 57.9 Å². The number of halogens is 2. The second kappa shape index (κ2) is 9.04. The first-order valence-electron chi connectivity index (χ1n) is 6.78. The molecule has 0 spiro atoms. The normalized spacial score (nSPS) is 20.6. The Morgan fingerprint density at radius 1 is 1.55 bits per heavy atom. The highest BCUT2D eigenvalue weighted by Gasteiger charge is 2.25. The SMILES string of the molecule is CC.N#COC1CCC(CNc2cc(Cl)c(Br)cn2)C1. The number of nitrogens with one attached hydrogen (secondary N) is 1. The van der Waals surface area contributed by atoms with E-state index in [1.165, 1.54) is 0 Å². The lowest BCUT2D eigenvalue weighted by molar-refractivity contribution is 0.164. The molecule has 0 aromatic carbocycles. The summed E-state index contributed by atoms with van der Waals surface area (Å²) in [6.07, 6.45) is 6.48. The van der Waals surface area contributed by atoms with Crippen LogP contribution in [0.5, 0.6) is 0 Å². The van der Waals surface area contributed by atoms with Gasteiger partial charge < -0.3 is 10.1 Å². The number of rotatable bonds is 4. The molecule has 1 aliphatic carbocycles. The number of pyridine rings is 1. The highest BCUT2D eigenvalue weighted by molar-refractivity contribution is 9.10. The fraction of sp³-hybridized carbons (Fsp3) is 0.571. The van der Waals surface area contributed by atoms with E-state index in [1.807, 2.05) is 13.8 Å². The fourth-order valence-corrected chi connectivity index (χ4v) is 2.52. The lowest BCUT2D eigenvalue weighted by Gasteiger charge is -2.12. The van der Waals surface area contributed by atoms with E-state index in [0.717, 1.165) is 36.1 Å². The molecule has 2 rings (SSSR count). The first kappa shape index (κ1) is 17.1. The third kappa shape index (κ3) is 5.18. The van der Waals surface area contributed by atoms with Gasteiger partial charge in [0.05, 0.1) is 9.50 Å². The third-order valence-corrected chi connectivity index (χ3v) is 4.27. The molecule has 0 bridgehead atoms. The highest BCUT2D eigenvalue weighted by atomic mass is 79.9. The monoisotopic (exact) mass is 359 g/mol. The van der Waals surface area contributed by atoms with Crippen LogP contribution in [0.4, 0.5) is 5.82 Å². The summed E-state index contributed by atoms with van der Waals surface area (Å²) in [5.41, 5.74) is 0. The largest absolute Gasteiger partial charge is 0.424 e. The van der Waals surface area contributed by atoms with Crippen LogP contribution in [0.2, 0.25) is 5.02 Å². The van der Waals surface area contributed by atoms with E-state index in [9.17, 15) is 0 Å². The van der Waals surface area contributed by atoms with Gasteiger partial charge in [0.15, 0.2) is 0 Å². The molecule has 20 heavy (non-hydrogen) atoms. The van der Waals surface area contributed by atoms with Gasteiger partial charge in [0.25, 0.3) is 6.26 Å². The molecule has 4 nitrogen and oxygen atoms in total. The lowest BCUT2D eigenvalue weighted by Crippen LogP contribution is -2.13. The number of nitriles is 1. The molecule has 110 valence electrons. The van der Waals surface area contributed by atoms with E-state index in [2.05, 4.69) is 26.2 Å². The van der Waals surface area contributed by atoms with Crippen molar-refractivity contribution in [1.82, 2.24) is 4.98 Å². The Bertz CT molecular complexity index is 464. The van der Waals surface area contributed by atoms with Crippen LogP contribution >= 0.6 is 27.5 Å². The summed E-state index contributed by atoms with van der Waals surface area (Å²) in [4.78, 5) is 4.23. The second-order valence-corrected chi connectivity index (χ2v) is 5.64. The Morgan fingerprint density at radius 2 is 2.30 bits per heavy atom. The molecule has 1 saturated carbocycles. The summed E-state index contributed by atoms with van der Waals surface area (Å²) in [7, 11) is 0. The van der Waals surface area contributed by atoms with Gasteiger partial charge in [-0.2, -0.15) is 5.26 Å². The van der Waals surface area contributed by atoms with E-state index in [-0.39, 0.29) is 6.10 Å². The molecule has 0 amide bonds. The first-order chi connectivity index (χ1) is 9.69. The molecule has 0 aliphatic heterocycles. The number of nitrogens with zero attached hydrogens (tertiary/aromatic N) is 2. The zero-order valence-corrected chi connectivity index (χ0v) is 14.0. The van der Waals surface area contributed by atoms with Crippen LogP contribution in [0, 0.1) is 17.4 Å². The Hall–Kier alpha value is -0.990. The molecule has 1 N–H and O–H groups in total. The quantitative estimate of drug-likeness (QED) is 0.797. The van der Waals surface area contributed by atoms with Gasteiger partial charge in [-0.15, -0.1) is 0 Å². The number of hydrogen-bond acceptors (Lipinski definition) is 4. The minimum Gasteiger partial charge on any atom is -0.424 e. The van der Waals surface area contributed by atoms with Crippen molar-refractivity contribution >= 4 is 33.3 Å². The average Bonchev–Trinajstić information content (AvgIpc) is 2.91. The molecule has 1 aliphatic rings. The molecular formula is C14H19BrClN3O. The molecule has 2 unspecified atom stereocenters. The lowest BCUT2D eigenvalue weighted by atomic mass is 10.1. The van der Waals surface area contributed by atoms with Gasteiger partial charge in [0.2, 0.25) is 0 Å². The predicted molar refractivity (Wildman–Crippen MR) is 84.6 cm³/mol. The van der Waals surface area contributed by atoms with Gasteiger partial charge in [-0.3, -0.25) is 0 Å². The summed E-state index contributed by atoms with van der Waals surface area (Å²) in [5, 5.41) is 12.4. The molecular weight excluding hydrogens is 342 g/mol. The summed E-state index contributed by atoms with van der Waals surface area (Å²) >= 11 is 9.29. The van der Waals surface area contributed by atoms with E-state index in [1.54, 1.807) is 18.5 Å². The molecule has 0 saturated heterocycles. The van der Waals surface area contributed by atoms with Crippen LogP contribution in [0.1, 0.15) is 33.1 Å². The first-order valence-corrected chi connectivity index (χ1v) is 7.95. The Balaban J connectivity index is 0.000000956. The standard InChI is InChI=1S/C12H13BrClN3O.C2H6/c13-10-6-17-12(4-11(10)14)16-5-8-1-2-9(3-8)18-7-15;1-2/h4,6,8-9H,1-3,5H2,(H,16,17);1-2H3. The van der Waals surface area contributed by atoms with Crippen LogP contribution < -0.4 is 5.32 Å². The summed E-state index contributed by atoms with van der Waals surface area (Å²) in [6.45, 7) is 4.83. The van der Waals surface area contributed by atoms with Gasteiger partial charge in [0, 0.05) is 18.8 Å². The fourth-order valence-electron chi connectivity index (χ4n) is 2.16. The van der Waals surface area contributed by atoms with Gasteiger partial charge in [-0.25, -0.2) is 4.98 Å². The zero-order valence-electron chi connectivity index (χ0n) is 11.7. The van der Waals surface area contributed by atoms with Gasteiger partial charge in [-0.05, 0) is 41.1 Å². The molecule has 1 fully saturated rings. The number of anilines is 1. The van der Waals surface area contributed by atoms with Crippen LogP contribution in [-0.2, 0) is 4.74 Å². The van der Waals surface area contributed by atoms with Crippen molar-refractivity contribution in [2.24, 2.45) is 5.92 Å². The second-order valence-electron chi connectivity index (χ2n) is 4.37. The van der Waals surface area contributed by atoms with Crippen LogP contribution in [0.3, 0.4) is 0 Å². The van der Waals surface area contributed by atoms with Crippen LogP contribution in [-0.4, -0.2) is 17.6 Å². The molecule has 1 heterocycles. The molecule has 1 aromatic rings. The third-order valence-electron chi connectivity index (χ3n) is 3.09. The Labute approximate surface area is 133 Å². The smallest absolute Gasteiger partial charge is 0.286 e. The van der Waals surface area contributed by atoms with Crippen molar-refractivity contribution in [3.05, 3.63) is 21.8 Å². The Kier molecular flexibility index (Phi) is 7.71. The van der Waals surface area contributed by atoms with Gasteiger partial charge in [0.1, 0.15) is 11.9 Å². The Morgan fingerprint density at radius 3 is 2.95 bits per heavy atom. The van der Waals surface area contributed by atoms with Crippen LogP contribution in [0.15, 0.2) is 16.7 Å². The van der Waals surface area contributed by atoms with Gasteiger partial charge in [-0.1, -0.05) is 25.4 Å². The number of ether oxygens (including phenoxy) is 1. The van der Waals surface area contributed by atoms with Crippen molar-refractivity contribution in [2.45, 2.75) is 39.2 Å². The molecule has 0 radical (unpaired) electrons. The summed E-state index contributed by atoms with van der Waals surface area (Å²) in [6, 6.07) is 1.80. The maximum absolute atomic E-state index is 8.46. The number of hydrogen-bond donors (Lipinski definition) is 1. The zero-order chi connectivity index (χ0) is 15.0. The van der Waals surface area contributed by atoms with E-state index < -0.39 is 0 Å². The minimum atomic E-state index is 0.0864. The van der Waals surface area contributed by atoms with Crippen LogP contribution in [0.25, 0.3) is 0 Å². The van der Waals surface area contributed by atoms with E-state index >= 15 is 0 Å². The number of aromatic nitrogens is 1. The summed E-state index contributed by atoms with van der Waals surface area (Å²) in [5.74, 6) is 1.29. The van der Waals surface area contributed by atoms with Crippen molar-refractivity contribution in [2.75, 3.05) is 11.9 Å². The van der Waals surface area contributed by atoms with Gasteiger partial charge >= 0.3 is 0 Å². The van der Waals surface area contributed by atoms with Crippen molar-refractivity contribution in [1.29, 1.82) is 5.26 Å². The average molecular weight is 361 g/mol. The highest BCUT2D eigenvalue weighted by Crippen LogP contribution is 2.28. The maximum Gasteiger partial charge on any atom is 0.286 e. The van der Waals surface area contributed by atoms with Crippen molar-refractivity contribution in [3.63, 3.8) is 0 Å². The van der Waals surface area contributed by atoms with E-state index in [0.29, 0.717) is 10.9 Å². The summed E-state index contributed by atoms with van der Waals surface area (Å²) < 4.78 is 5.74. The predicted octanol–water partition coefficient (Wildman–Crippen LogP) is 4.60. The van der Waals surface area contributed by atoms with E-state index in [4.69, 9.17) is 21.6 Å². The molecule has 1 aromatic heterocycles. The van der Waals surface area contributed by atoms with Crippen molar-refractivity contribution in [3.8, 4) is 6.26 Å². The minimum absolute atomic E-state index is 0.0864.